The smallest absolute Gasteiger partial charge is 0.454 e. The average Bonchev–Trinajstić information content (AvgIpc) is 2.53. The number of benzene rings is 1. The first-order chi connectivity index (χ1) is 12.0. The number of rotatable bonds is 5. The summed E-state index contributed by atoms with van der Waals surface area (Å²) in [4.78, 5) is 11.5. The highest BCUT2D eigenvalue weighted by molar-refractivity contribution is 6.01. The van der Waals surface area contributed by atoms with Crippen molar-refractivity contribution in [2.24, 2.45) is 0 Å². The Hall–Kier alpha value is -2.23. The van der Waals surface area contributed by atoms with Crippen molar-refractivity contribution in [3.63, 3.8) is 0 Å². The predicted molar refractivity (Wildman–Crippen MR) is 76.1 cm³/mol. The molecule has 10 heteroatoms. The van der Waals surface area contributed by atoms with Gasteiger partial charge in [-0.3, -0.25) is 4.79 Å². The molecule has 0 spiro atoms. The summed E-state index contributed by atoms with van der Waals surface area (Å²) >= 11 is 0. The van der Waals surface area contributed by atoms with Crippen LogP contribution in [0.3, 0.4) is 0 Å². The number of Topliss-reactive ketones (excluding diaryl/α,β-unsaturated/α-hetero) is 1. The number of carbonyl (C=O) groups excluding carboxylic acids is 1. The Morgan fingerprint density at radius 3 is 2.27 bits per heavy atom. The van der Waals surface area contributed by atoms with E-state index in [-0.39, 0.29) is 12.4 Å². The lowest BCUT2D eigenvalue weighted by Crippen LogP contribution is -2.43. The lowest BCUT2D eigenvalue weighted by molar-refractivity contribution is -0.192. The molecule has 0 radical (unpaired) electrons. The van der Waals surface area contributed by atoms with Crippen LogP contribution in [0.25, 0.3) is 0 Å². The second-order valence-corrected chi connectivity index (χ2v) is 5.23. The number of ether oxygens (including phenoxy) is 3. The van der Waals surface area contributed by atoms with Gasteiger partial charge in [0.25, 0.3) is 5.78 Å². The van der Waals surface area contributed by atoms with Crippen LogP contribution >= 0.6 is 0 Å². The van der Waals surface area contributed by atoms with Crippen molar-refractivity contribution in [2.45, 2.75) is 38.1 Å². The number of alkyl halides is 6. The minimum Gasteiger partial charge on any atom is -0.455 e. The van der Waals surface area contributed by atoms with Crippen LogP contribution in [0, 0.1) is 0 Å². The van der Waals surface area contributed by atoms with E-state index in [0.29, 0.717) is 0 Å². The molecule has 0 fully saturated rings. The Morgan fingerprint density at radius 1 is 1.15 bits per heavy atom. The molecule has 0 amide bonds. The van der Waals surface area contributed by atoms with E-state index in [1.54, 1.807) is 18.2 Å². The number of halogens is 6. The SMILES string of the molecule is CCOC1CC(Oc2ccccc2)OC(C(F)(F)F)=C1C(=O)C(F)(F)F. The minimum absolute atomic E-state index is 0.153. The standard InChI is InChI=1S/C16H14F6O4/c1-2-24-10-8-11(25-9-6-4-3-5-7-9)26-14(16(20,21)22)12(10)13(23)15(17,18)19/h3-7,10-11H,2,8H2,1H3. The van der Waals surface area contributed by atoms with Gasteiger partial charge in [-0.1, -0.05) is 18.2 Å². The number of carbonyl (C=O) groups is 1. The van der Waals surface area contributed by atoms with Crippen molar-refractivity contribution in [3.8, 4) is 5.75 Å². The van der Waals surface area contributed by atoms with E-state index in [0.717, 1.165) is 0 Å². The first-order valence-electron chi connectivity index (χ1n) is 7.47. The van der Waals surface area contributed by atoms with Crippen LogP contribution in [0.2, 0.25) is 0 Å². The normalized spacial score (nSPS) is 21.3. The highest BCUT2D eigenvalue weighted by atomic mass is 19.4. The van der Waals surface area contributed by atoms with Gasteiger partial charge in [0.1, 0.15) is 5.75 Å². The molecule has 1 aliphatic heterocycles. The minimum atomic E-state index is -5.50. The van der Waals surface area contributed by atoms with E-state index in [1.165, 1.54) is 19.1 Å². The maximum Gasteiger partial charge on any atom is 0.454 e. The highest BCUT2D eigenvalue weighted by Crippen LogP contribution is 2.40. The molecule has 0 aliphatic carbocycles. The third kappa shape index (κ3) is 4.69. The van der Waals surface area contributed by atoms with E-state index < -0.39 is 48.3 Å². The van der Waals surface area contributed by atoms with Crippen LogP contribution in [0.1, 0.15) is 13.3 Å². The molecular weight excluding hydrogens is 370 g/mol. The molecule has 0 N–H and O–H groups in total. The van der Waals surface area contributed by atoms with Gasteiger partial charge in [-0.25, -0.2) is 0 Å². The van der Waals surface area contributed by atoms with Crippen LogP contribution in [0.4, 0.5) is 26.3 Å². The molecular formula is C16H14F6O4. The van der Waals surface area contributed by atoms with Crippen LogP contribution < -0.4 is 4.74 Å². The molecule has 144 valence electrons. The molecule has 0 aromatic heterocycles. The number of ketones is 1. The van der Waals surface area contributed by atoms with Crippen molar-refractivity contribution < 1.29 is 45.3 Å². The largest absolute Gasteiger partial charge is 0.455 e. The molecule has 4 nitrogen and oxygen atoms in total. The molecule has 0 saturated carbocycles. The first-order valence-corrected chi connectivity index (χ1v) is 7.47. The van der Waals surface area contributed by atoms with Gasteiger partial charge in [-0.05, 0) is 19.1 Å². The van der Waals surface area contributed by atoms with E-state index in [4.69, 9.17) is 9.47 Å². The summed E-state index contributed by atoms with van der Waals surface area (Å²) in [6.45, 7) is 1.17. The number of hydrogen-bond acceptors (Lipinski definition) is 4. The molecule has 1 aromatic rings. The third-order valence-corrected chi connectivity index (χ3v) is 3.36. The number of para-hydroxylation sites is 1. The summed E-state index contributed by atoms with van der Waals surface area (Å²) < 4.78 is 92.8. The monoisotopic (exact) mass is 384 g/mol. The molecule has 2 atom stereocenters. The summed E-state index contributed by atoms with van der Waals surface area (Å²) in [6.07, 6.45) is -14.7. The molecule has 2 rings (SSSR count). The van der Waals surface area contributed by atoms with Crippen molar-refractivity contribution in [3.05, 3.63) is 41.7 Å². The molecule has 26 heavy (non-hydrogen) atoms. The summed E-state index contributed by atoms with van der Waals surface area (Å²) in [5.74, 6) is -4.55. The van der Waals surface area contributed by atoms with Crippen LogP contribution in [-0.2, 0) is 14.3 Å². The topological polar surface area (TPSA) is 44.8 Å². The predicted octanol–water partition coefficient (Wildman–Crippen LogP) is 4.16. The van der Waals surface area contributed by atoms with Gasteiger partial charge in [-0.2, -0.15) is 26.3 Å². The Morgan fingerprint density at radius 2 is 1.77 bits per heavy atom. The van der Waals surface area contributed by atoms with Gasteiger partial charge >= 0.3 is 12.4 Å². The fourth-order valence-electron chi connectivity index (χ4n) is 2.38. The Bertz CT molecular complexity index is 666. The zero-order chi connectivity index (χ0) is 19.5. The lowest BCUT2D eigenvalue weighted by Gasteiger charge is -2.34. The van der Waals surface area contributed by atoms with Gasteiger partial charge in [0.2, 0.25) is 12.0 Å². The van der Waals surface area contributed by atoms with Crippen molar-refractivity contribution in [2.75, 3.05) is 6.61 Å². The lowest BCUT2D eigenvalue weighted by atomic mass is 9.97. The quantitative estimate of drug-likeness (QED) is 0.715. The Labute approximate surface area is 144 Å². The zero-order valence-electron chi connectivity index (χ0n) is 13.4. The fourth-order valence-corrected chi connectivity index (χ4v) is 2.38. The molecule has 2 unspecified atom stereocenters. The summed E-state index contributed by atoms with van der Waals surface area (Å²) in [5, 5.41) is 0. The Balaban J connectivity index is 2.43. The number of hydrogen-bond donors (Lipinski definition) is 0. The average molecular weight is 384 g/mol. The van der Waals surface area contributed by atoms with E-state index >= 15 is 0 Å². The third-order valence-electron chi connectivity index (χ3n) is 3.36. The van der Waals surface area contributed by atoms with Gasteiger partial charge in [0.05, 0.1) is 18.1 Å². The zero-order valence-corrected chi connectivity index (χ0v) is 13.4. The van der Waals surface area contributed by atoms with Gasteiger partial charge in [-0.15, -0.1) is 0 Å². The fraction of sp³-hybridized carbons (Fsp3) is 0.438. The van der Waals surface area contributed by atoms with Gasteiger partial charge in [0, 0.05) is 6.61 Å². The second-order valence-electron chi connectivity index (χ2n) is 5.23. The van der Waals surface area contributed by atoms with Gasteiger partial charge in [0.15, 0.2) is 0 Å². The molecule has 0 saturated heterocycles. The number of allylic oxidation sites excluding steroid dienone is 1. The molecule has 1 aromatic carbocycles. The van der Waals surface area contributed by atoms with E-state index in [1.807, 2.05) is 0 Å². The van der Waals surface area contributed by atoms with E-state index in [2.05, 4.69) is 4.74 Å². The van der Waals surface area contributed by atoms with E-state index in [9.17, 15) is 31.1 Å². The van der Waals surface area contributed by atoms with Crippen LogP contribution in [0.5, 0.6) is 5.75 Å². The second kappa shape index (κ2) is 7.56. The Kier molecular flexibility index (Phi) is 5.84. The van der Waals surface area contributed by atoms with Crippen molar-refractivity contribution in [1.29, 1.82) is 0 Å². The van der Waals surface area contributed by atoms with Crippen LogP contribution in [-0.4, -0.2) is 37.1 Å². The molecule has 1 heterocycles. The molecule has 0 bridgehead atoms. The molecule has 1 aliphatic rings. The summed E-state index contributed by atoms with van der Waals surface area (Å²) in [5.41, 5.74) is -1.60. The van der Waals surface area contributed by atoms with Crippen molar-refractivity contribution >= 4 is 5.78 Å². The van der Waals surface area contributed by atoms with Gasteiger partial charge < -0.3 is 14.2 Å². The maximum atomic E-state index is 13.3. The van der Waals surface area contributed by atoms with Crippen molar-refractivity contribution in [1.82, 2.24) is 0 Å². The first kappa shape index (κ1) is 20.1. The summed E-state index contributed by atoms with van der Waals surface area (Å²) in [6, 6.07) is 7.62. The maximum absolute atomic E-state index is 13.3. The van der Waals surface area contributed by atoms with Crippen LogP contribution in [0.15, 0.2) is 41.7 Å². The highest BCUT2D eigenvalue weighted by Gasteiger charge is 2.53. The summed E-state index contributed by atoms with van der Waals surface area (Å²) in [7, 11) is 0.